The van der Waals surface area contributed by atoms with Crippen molar-refractivity contribution in [1.29, 1.82) is 5.26 Å². The van der Waals surface area contributed by atoms with Gasteiger partial charge in [-0.3, -0.25) is 0 Å². The van der Waals surface area contributed by atoms with E-state index in [-0.39, 0.29) is 5.11 Å². The summed E-state index contributed by atoms with van der Waals surface area (Å²) in [5.74, 6) is 0. The minimum absolute atomic E-state index is 0.137. The number of hydrogen-bond donors (Lipinski definition) is 2. The first-order valence-corrected chi connectivity index (χ1v) is 10.8. The number of aliphatic hydroxyl groups excluding tert-OH is 1. The van der Waals surface area contributed by atoms with Gasteiger partial charge in [-0.1, -0.05) is 0 Å². The molecular weight excluding hydrogens is 422 g/mol. The zero-order valence-electron chi connectivity index (χ0n) is 18.5. The second kappa shape index (κ2) is 10.3. The molecule has 0 saturated carbocycles. The average Bonchev–Trinajstić information content (AvgIpc) is 3.17. The first kappa shape index (κ1) is 23.3. The van der Waals surface area contributed by atoms with Crippen LogP contribution in [0.4, 0.5) is 0 Å². The van der Waals surface area contributed by atoms with Crippen molar-refractivity contribution >= 4 is 34.4 Å². The van der Waals surface area contributed by atoms with E-state index in [2.05, 4.69) is 22.2 Å². The van der Waals surface area contributed by atoms with Gasteiger partial charge in [-0.15, -0.1) is 0 Å². The van der Waals surface area contributed by atoms with E-state index in [0.717, 1.165) is 39.0 Å². The number of hydrazone groups is 1. The van der Waals surface area contributed by atoms with Gasteiger partial charge in [0.1, 0.15) is 0 Å². The molecule has 8 nitrogen and oxygen atoms in total. The van der Waals surface area contributed by atoms with Crippen LogP contribution in [0.1, 0.15) is 36.5 Å². The van der Waals surface area contributed by atoms with Crippen LogP contribution < -0.4 is 5.73 Å². The van der Waals surface area contributed by atoms with Crippen LogP contribution in [0, 0.1) is 18.3 Å². The van der Waals surface area contributed by atoms with E-state index in [1.54, 1.807) is 25.7 Å². The van der Waals surface area contributed by atoms with Gasteiger partial charge in [-0.25, -0.2) is 15.0 Å². The molecule has 1 aromatic carbocycles. The smallest absolute Gasteiger partial charge is 0.186 e. The summed E-state index contributed by atoms with van der Waals surface area (Å²) in [4.78, 5) is 9.06. The first-order valence-electron chi connectivity index (χ1n) is 10.4. The fourth-order valence-electron chi connectivity index (χ4n) is 3.42. The summed E-state index contributed by atoms with van der Waals surface area (Å²) in [5, 5.41) is 25.7. The number of nitrogens with zero attached hydrogens (tertiary/aromatic N) is 6. The minimum atomic E-state index is -0.481. The van der Waals surface area contributed by atoms with E-state index in [4.69, 9.17) is 28.2 Å². The number of benzene rings is 1. The van der Waals surface area contributed by atoms with E-state index >= 15 is 0 Å². The Balaban J connectivity index is 2.12. The van der Waals surface area contributed by atoms with Crippen LogP contribution in [0.3, 0.4) is 0 Å². The number of fused-ring (bicyclic) bond motifs is 1. The molecule has 32 heavy (non-hydrogen) atoms. The van der Waals surface area contributed by atoms with Crippen LogP contribution in [0.25, 0.3) is 22.3 Å². The molecule has 1 atom stereocenters. The molecule has 0 bridgehead atoms. The zero-order chi connectivity index (χ0) is 23.3. The molecule has 3 rings (SSSR count). The van der Waals surface area contributed by atoms with Crippen LogP contribution in [-0.4, -0.2) is 48.6 Å². The van der Waals surface area contributed by atoms with E-state index in [0.29, 0.717) is 25.8 Å². The van der Waals surface area contributed by atoms with Crippen molar-refractivity contribution in [2.75, 3.05) is 6.54 Å². The van der Waals surface area contributed by atoms with Gasteiger partial charge >= 0.3 is 0 Å². The molecule has 0 unspecified atom stereocenters. The third-order valence-electron chi connectivity index (χ3n) is 5.23. The van der Waals surface area contributed by atoms with Gasteiger partial charge in [0.15, 0.2) is 5.11 Å². The molecule has 0 spiro atoms. The highest BCUT2D eigenvalue weighted by molar-refractivity contribution is 7.80. The molecular formula is C23H27N7OS. The highest BCUT2D eigenvalue weighted by Crippen LogP contribution is 2.27. The van der Waals surface area contributed by atoms with E-state index in [9.17, 15) is 5.11 Å². The third kappa shape index (κ3) is 5.46. The number of aryl methyl sites for hydroxylation is 3. The molecule has 3 N–H and O–H groups in total. The van der Waals surface area contributed by atoms with Crippen molar-refractivity contribution in [3.8, 4) is 17.5 Å². The molecule has 2 heterocycles. The maximum Gasteiger partial charge on any atom is 0.186 e. The number of nitrogens with two attached hydrogens (primary N) is 1. The molecule has 0 aliphatic rings. The lowest BCUT2D eigenvalue weighted by Crippen LogP contribution is -2.33. The second-order valence-corrected chi connectivity index (χ2v) is 8.20. The highest BCUT2D eigenvalue weighted by atomic mass is 32.1. The monoisotopic (exact) mass is 449 g/mol. The van der Waals surface area contributed by atoms with Crippen LogP contribution >= 0.6 is 12.2 Å². The van der Waals surface area contributed by atoms with Crippen LogP contribution in [0.2, 0.25) is 0 Å². The lowest BCUT2D eigenvalue weighted by molar-refractivity contribution is 0.173. The Bertz CT molecular complexity index is 1190. The molecule has 166 valence electrons. The lowest BCUT2D eigenvalue weighted by atomic mass is 9.98. The summed E-state index contributed by atoms with van der Waals surface area (Å²) in [5.41, 5.74) is 11.4. The predicted molar refractivity (Wildman–Crippen MR) is 130 cm³/mol. The Morgan fingerprint density at radius 3 is 2.84 bits per heavy atom. The van der Waals surface area contributed by atoms with Crippen molar-refractivity contribution in [1.82, 2.24) is 19.5 Å². The quantitative estimate of drug-likeness (QED) is 0.308. The van der Waals surface area contributed by atoms with Gasteiger partial charge < -0.3 is 15.4 Å². The number of rotatable bonds is 8. The van der Waals surface area contributed by atoms with Crippen molar-refractivity contribution in [3.63, 3.8) is 0 Å². The van der Waals surface area contributed by atoms with Gasteiger partial charge in [0.2, 0.25) is 0 Å². The Hall–Kier alpha value is -3.35. The number of thiocarbonyl (C=S) groups is 1. The SMILES string of the molecule is Cc1cc2nc(-c3cncn3C)cc(/C=N/N(CC[C@@H](C)O)C(N)=S)c2cc1CCC#N. The average molecular weight is 450 g/mol. The largest absolute Gasteiger partial charge is 0.393 e. The van der Waals surface area contributed by atoms with Crippen molar-refractivity contribution in [3.05, 3.63) is 47.4 Å². The zero-order valence-corrected chi connectivity index (χ0v) is 19.3. The minimum Gasteiger partial charge on any atom is -0.393 e. The maximum atomic E-state index is 9.60. The predicted octanol–water partition coefficient (Wildman–Crippen LogP) is 3.05. The number of hydrogen-bond acceptors (Lipinski definition) is 6. The molecule has 0 amide bonds. The standard InChI is InChI=1S/C23H27N7OS/c1-15-9-20-19(10-17(15)5-4-7-24)18(11-21(28-20)22-13-26-14-29(22)3)12-27-30(23(25)32)8-6-16(2)31/h9-14,16,31H,4-6,8H2,1-3H3,(H2,25,32)/b27-12+/t16-/m1/s1. The Morgan fingerprint density at radius 1 is 1.44 bits per heavy atom. The molecule has 9 heteroatoms. The number of aliphatic hydroxyl groups is 1. The topological polar surface area (TPSA) is 116 Å². The van der Waals surface area contributed by atoms with Crippen LogP contribution in [-0.2, 0) is 13.5 Å². The van der Waals surface area contributed by atoms with E-state index in [1.807, 2.05) is 30.7 Å². The first-order chi connectivity index (χ1) is 15.3. The fourth-order valence-corrected chi connectivity index (χ4v) is 3.55. The summed E-state index contributed by atoms with van der Waals surface area (Å²) < 4.78 is 1.91. The Labute approximate surface area is 193 Å². The summed E-state index contributed by atoms with van der Waals surface area (Å²) in [6, 6.07) is 8.28. The van der Waals surface area contributed by atoms with E-state index < -0.39 is 6.10 Å². The fraction of sp³-hybridized carbons (Fsp3) is 0.348. The van der Waals surface area contributed by atoms with Crippen molar-refractivity contribution < 1.29 is 5.11 Å². The summed E-state index contributed by atoms with van der Waals surface area (Å²) in [7, 11) is 1.92. The molecule has 2 aromatic heterocycles. The number of aromatic nitrogens is 3. The van der Waals surface area contributed by atoms with Gasteiger partial charge in [0, 0.05) is 31.0 Å². The number of pyridine rings is 1. The van der Waals surface area contributed by atoms with Gasteiger partial charge in [-0.05, 0) is 68.2 Å². The molecule has 3 aromatic rings. The van der Waals surface area contributed by atoms with Crippen molar-refractivity contribution in [2.24, 2.45) is 17.9 Å². The van der Waals surface area contributed by atoms with Gasteiger partial charge in [-0.2, -0.15) is 10.4 Å². The summed E-state index contributed by atoms with van der Waals surface area (Å²) in [6.45, 7) is 4.15. The van der Waals surface area contributed by atoms with E-state index in [1.165, 1.54) is 5.01 Å². The molecule has 0 radical (unpaired) electrons. The molecule has 0 saturated heterocycles. The lowest BCUT2D eigenvalue weighted by Gasteiger charge is -2.18. The summed E-state index contributed by atoms with van der Waals surface area (Å²) in [6.07, 6.45) is 6.35. The third-order valence-corrected chi connectivity index (χ3v) is 5.44. The maximum absolute atomic E-state index is 9.60. The highest BCUT2D eigenvalue weighted by Gasteiger charge is 2.13. The normalized spacial score (nSPS) is 12.2. The van der Waals surface area contributed by atoms with Crippen molar-refractivity contribution in [2.45, 2.75) is 39.2 Å². The molecule has 0 aliphatic carbocycles. The second-order valence-electron chi connectivity index (χ2n) is 7.78. The van der Waals surface area contributed by atoms with Gasteiger partial charge in [0.25, 0.3) is 0 Å². The van der Waals surface area contributed by atoms with Gasteiger partial charge in [0.05, 0.1) is 47.8 Å². The Kier molecular flexibility index (Phi) is 7.51. The number of imidazole rings is 1. The number of nitriles is 1. The Morgan fingerprint density at radius 2 is 2.22 bits per heavy atom. The van der Waals surface area contributed by atoms with Crippen LogP contribution in [0.15, 0.2) is 35.8 Å². The molecule has 0 fully saturated rings. The summed E-state index contributed by atoms with van der Waals surface area (Å²) >= 11 is 5.13. The molecule has 0 aliphatic heterocycles. The van der Waals surface area contributed by atoms with Crippen LogP contribution in [0.5, 0.6) is 0 Å².